The van der Waals surface area contributed by atoms with Crippen LogP contribution in [0.25, 0.3) is 0 Å². The number of ether oxygens (including phenoxy) is 1. The van der Waals surface area contributed by atoms with E-state index in [1.54, 1.807) is 49.4 Å². The largest absolute Gasteiger partial charge is 0.496 e. The fourth-order valence-corrected chi connectivity index (χ4v) is 1.98. The SMILES string of the molecule is COc1ccccc1C(=O)Nc1ccc(C(N)=O)cc1C. The van der Waals surface area contributed by atoms with Gasteiger partial charge < -0.3 is 15.8 Å². The third-order valence-corrected chi connectivity index (χ3v) is 3.11. The minimum absolute atomic E-state index is 0.276. The number of hydrogen-bond donors (Lipinski definition) is 2. The van der Waals surface area contributed by atoms with E-state index in [-0.39, 0.29) is 5.91 Å². The molecule has 5 heteroatoms. The topological polar surface area (TPSA) is 81.4 Å². The van der Waals surface area contributed by atoms with E-state index in [9.17, 15) is 9.59 Å². The molecule has 0 unspecified atom stereocenters. The summed E-state index contributed by atoms with van der Waals surface area (Å²) >= 11 is 0. The van der Waals surface area contributed by atoms with Crippen LogP contribution in [0.5, 0.6) is 5.75 Å². The van der Waals surface area contributed by atoms with Gasteiger partial charge in [-0.1, -0.05) is 12.1 Å². The lowest BCUT2D eigenvalue weighted by atomic mass is 10.1. The first kappa shape index (κ1) is 14.6. The second kappa shape index (κ2) is 6.09. The Bertz CT molecular complexity index is 696. The Morgan fingerprint density at radius 3 is 2.48 bits per heavy atom. The number of amides is 2. The van der Waals surface area contributed by atoms with E-state index in [0.717, 1.165) is 5.56 Å². The van der Waals surface area contributed by atoms with Crippen molar-refractivity contribution in [3.63, 3.8) is 0 Å². The zero-order valence-electron chi connectivity index (χ0n) is 11.8. The number of methoxy groups -OCH3 is 1. The third-order valence-electron chi connectivity index (χ3n) is 3.11. The zero-order valence-corrected chi connectivity index (χ0v) is 11.8. The van der Waals surface area contributed by atoms with E-state index < -0.39 is 5.91 Å². The molecule has 5 nitrogen and oxygen atoms in total. The molecular weight excluding hydrogens is 268 g/mol. The number of anilines is 1. The Hall–Kier alpha value is -2.82. The summed E-state index contributed by atoms with van der Waals surface area (Å²) in [6, 6.07) is 11.8. The monoisotopic (exact) mass is 284 g/mol. The summed E-state index contributed by atoms with van der Waals surface area (Å²) in [5, 5.41) is 2.80. The molecule has 0 spiro atoms. The van der Waals surface area contributed by atoms with Gasteiger partial charge in [0.25, 0.3) is 5.91 Å². The number of aryl methyl sites for hydroxylation is 1. The van der Waals surface area contributed by atoms with Gasteiger partial charge in [-0.15, -0.1) is 0 Å². The Morgan fingerprint density at radius 2 is 1.86 bits per heavy atom. The molecule has 0 aromatic heterocycles. The Morgan fingerprint density at radius 1 is 1.14 bits per heavy atom. The van der Waals surface area contributed by atoms with Gasteiger partial charge in [0.05, 0.1) is 12.7 Å². The number of primary amides is 1. The van der Waals surface area contributed by atoms with Crippen molar-refractivity contribution in [2.24, 2.45) is 5.73 Å². The van der Waals surface area contributed by atoms with Gasteiger partial charge in [0.2, 0.25) is 5.91 Å². The van der Waals surface area contributed by atoms with Crippen LogP contribution >= 0.6 is 0 Å². The van der Waals surface area contributed by atoms with E-state index in [4.69, 9.17) is 10.5 Å². The fraction of sp³-hybridized carbons (Fsp3) is 0.125. The van der Waals surface area contributed by atoms with E-state index in [1.165, 1.54) is 7.11 Å². The van der Waals surface area contributed by atoms with Crippen molar-refractivity contribution >= 4 is 17.5 Å². The molecule has 0 aliphatic rings. The molecule has 0 aliphatic carbocycles. The Kier molecular flexibility index (Phi) is 4.23. The van der Waals surface area contributed by atoms with Gasteiger partial charge in [0, 0.05) is 11.3 Å². The lowest BCUT2D eigenvalue weighted by Gasteiger charge is -2.11. The quantitative estimate of drug-likeness (QED) is 0.904. The maximum absolute atomic E-state index is 12.3. The Balaban J connectivity index is 2.26. The van der Waals surface area contributed by atoms with Crippen LogP contribution in [-0.2, 0) is 0 Å². The third kappa shape index (κ3) is 3.20. The van der Waals surface area contributed by atoms with Gasteiger partial charge in [-0.3, -0.25) is 9.59 Å². The van der Waals surface area contributed by atoms with Crippen molar-refractivity contribution in [3.05, 3.63) is 59.2 Å². The predicted octanol–water partition coefficient (Wildman–Crippen LogP) is 2.35. The van der Waals surface area contributed by atoms with Crippen molar-refractivity contribution in [1.29, 1.82) is 0 Å². The molecule has 0 aliphatic heterocycles. The highest BCUT2D eigenvalue weighted by molar-refractivity contribution is 6.06. The average Bonchev–Trinajstić information content (AvgIpc) is 2.48. The van der Waals surface area contributed by atoms with Crippen LogP contribution in [0.1, 0.15) is 26.3 Å². The molecule has 3 N–H and O–H groups in total. The number of hydrogen-bond acceptors (Lipinski definition) is 3. The minimum Gasteiger partial charge on any atom is -0.496 e. The summed E-state index contributed by atoms with van der Waals surface area (Å²) in [7, 11) is 1.51. The van der Waals surface area contributed by atoms with Crippen LogP contribution in [0.3, 0.4) is 0 Å². The van der Waals surface area contributed by atoms with E-state index in [1.807, 2.05) is 0 Å². The molecule has 0 atom stereocenters. The number of nitrogens with two attached hydrogens (primary N) is 1. The minimum atomic E-state index is -0.499. The smallest absolute Gasteiger partial charge is 0.259 e. The molecule has 2 rings (SSSR count). The second-order valence-electron chi connectivity index (χ2n) is 4.55. The standard InChI is InChI=1S/C16H16N2O3/c1-10-9-11(15(17)19)7-8-13(10)18-16(20)12-5-3-4-6-14(12)21-2/h3-9H,1-2H3,(H2,17,19)(H,18,20). The summed E-state index contributed by atoms with van der Waals surface area (Å²) in [5.74, 6) is -0.274. The normalized spacial score (nSPS) is 10.0. The highest BCUT2D eigenvalue weighted by atomic mass is 16.5. The molecule has 2 aromatic carbocycles. The maximum atomic E-state index is 12.3. The highest BCUT2D eigenvalue weighted by Crippen LogP contribution is 2.21. The molecule has 0 bridgehead atoms. The number of nitrogens with one attached hydrogen (secondary N) is 1. The molecule has 108 valence electrons. The van der Waals surface area contributed by atoms with Crippen LogP contribution in [0, 0.1) is 6.92 Å². The van der Waals surface area contributed by atoms with Crippen LogP contribution in [-0.4, -0.2) is 18.9 Å². The number of carbonyl (C=O) groups is 2. The average molecular weight is 284 g/mol. The van der Waals surface area contributed by atoms with Crippen LogP contribution in [0.15, 0.2) is 42.5 Å². The fourth-order valence-electron chi connectivity index (χ4n) is 1.98. The molecule has 0 heterocycles. The van der Waals surface area contributed by atoms with Crippen LogP contribution < -0.4 is 15.8 Å². The van der Waals surface area contributed by atoms with Gasteiger partial charge in [0.1, 0.15) is 5.75 Å². The first-order chi connectivity index (χ1) is 10.0. The molecule has 0 saturated heterocycles. The predicted molar refractivity (Wildman–Crippen MR) is 80.6 cm³/mol. The summed E-state index contributed by atoms with van der Waals surface area (Å²) in [5.41, 5.74) is 7.45. The number of benzene rings is 2. The molecule has 0 fully saturated rings. The van der Waals surface area contributed by atoms with E-state index in [2.05, 4.69) is 5.32 Å². The van der Waals surface area contributed by atoms with Crippen LogP contribution in [0.2, 0.25) is 0 Å². The highest BCUT2D eigenvalue weighted by Gasteiger charge is 2.13. The summed E-state index contributed by atoms with van der Waals surface area (Å²) < 4.78 is 5.16. The second-order valence-corrected chi connectivity index (χ2v) is 4.55. The first-order valence-electron chi connectivity index (χ1n) is 6.37. The first-order valence-corrected chi connectivity index (χ1v) is 6.37. The van der Waals surface area contributed by atoms with Gasteiger partial charge in [-0.25, -0.2) is 0 Å². The molecule has 2 amide bonds. The number of rotatable bonds is 4. The lowest BCUT2D eigenvalue weighted by Crippen LogP contribution is -2.15. The van der Waals surface area contributed by atoms with E-state index >= 15 is 0 Å². The van der Waals surface area contributed by atoms with Crippen molar-refractivity contribution < 1.29 is 14.3 Å². The van der Waals surface area contributed by atoms with Crippen molar-refractivity contribution in [1.82, 2.24) is 0 Å². The maximum Gasteiger partial charge on any atom is 0.259 e. The lowest BCUT2D eigenvalue weighted by molar-refractivity contribution is 0.0998. The van der Waals surface area contributed by atoms with Gasteiger partial charge in [-0.2, -0.15) is 0 Å². The molecular formula is C16H16N2O3. The van der Waals surface area contributed by atoms with Gasteiger partial charge in [0.15, 0.2) is 0 Å². The summed E-state index contributed by atoms with van der Waals surface area (Å²) in [6.07, 6.45) is 0. The number of para-hydroxylation sites is 1. The molecule has 2 aromatic rings. The van der Waals surface area contributed by atoms with Gasteiger partial charge >= 0.3 is 0 Å². The molecule has 0 saturated carbocycles. The van der Waals surface area contributed by atoms with E-state index in [0.29, 0.717) is 22.6 Å². The zero-order chi connectivity index (χ0) is 15.4. The Labute approximate surface area is 122 Å². The summed E-state index contributed by atoms with van der Waals surface area (Å²) in [6.45, 7) is 1.80. The van der Waals surface area contributed by atoms with Crippen molar-refractivity contribution in [3.8, 4) is 5.75 Å². The summed E-state index contributed by atoms with van der Waals surface area (Å²) in [4.78, 5) is 23.4. The van der Waals surface area contributed by atoms with Crippen molar-refractivity contribution in [2.75, 3.05) is 12.4 Å². The van der Waals surface area contributed by atoms with Gasteiger partial charge in [-0.05, 0) is 42.8 Å². The number of carbonyl (C=O) groups excluding carboxylic acids is 2. The van der Waals surface area contributed by atoms with Crippen molar-refractivity contribution in [2.45, 2.75) is 6.92 Å². The van der Waals surface area contributed by atoms with Crippen LogP contribution in [0.4, 0.5) is 5.69 Å². The molecule has 0 radical (unpaired) electrons. The molecule has 21 heavy (non-hydrogen) atoms.